The largest absolute Gasteiger partial charge is 0.351 e. The number of benzene rings is 1. The highest BCUT2D eigenvalue weighted by Gasteiger charge is 2.49. The fourth-order valence-corrected chi connectivity index (χ4v) is 5.62. The van der Waals surface area contributed by atoms with Crippen LogP contribution in [0.15, 0.2) is 47.8 Å². The molecule has 6 nitrogen and oxygen atoms in total. The molecule has 0 spiro atoms. The molecule has 0 radical (unpaired) electrons. The van der Waals surface area contributed by atoms with E-state index in [0.29, 0.717) is 12.2 Å². The molecule has 1 aliphatic heterocycles. The second kappa shape index (κ2) is 8.20. The zero-order valence-corrected chi connectivity index (χ0v) is 19.3. The smallest absolute Gasteiger partial charge is 0.277 e. The Bertz CT molecular complexity index is 1150. The Kier molecular flexibility index (Phi) is 5.37. The van der Waals surface area contributed by atoms with Crippen LogP contribution in [0.4, 0.5) is 5.69 Å². The van der Waals surface area contributed by atoms with E-state index in [4.69, 9.17) is 5.10 Å². The molecule has 32 heavy (non-hydrogen) atoms. The lowest BCUT2D eigenvalue weighted by Crippen LogP contribution is -2.65. The number of hydrogen-bond donors (Lipinski definition) is 1. The molecule has 1 atom stereocenters. The van der Waals surface area contributed by atoms with Gasteiger partial charge in [0, 0.05) is 11.7 Å². The number of hydrogen-bond acceptors (Lipinski definition) is 4. The van der Waals surface area contributed by atoms with E-state index in [-0.39, 0.29) is 17.9 Å². The molecule has 2 amide bonds. The fraction of sp³-hybridized carbons (Fsp3) is 0.400. The van der Waals surface area contributed by atoms with E-state index in [9.17, 15) is 9.59 Å². The standard InChI is InChI=1S/C25H28N4O2S/c1-3-17-9-4-7-12-20(17)29-23(30)21-15-19(22-13-8-14-32-22)27-28(21)16-25(29,2)24(31)26-18-10-5-6-11-18/h4,7-9,12-15,18H,3,5-6,10-11,16H2,1-2H3,(H,26,31). The van der Waals surface area contributed by atoms with E-state index in [1.54, 1.807) is 20.9 Å². The van der Waals surface area contributed by atoms with Crippen molar-refractivity contribution in [2.24, 2.45) is 0 Å². The van der Waals surface area contributed by atoms with Crippen molar-refractivity contribution in [3.8, 4) is 10.6 Å². The van der Waals surface area contributed by atoms with Gasteiger partial charge < -0.3 is 5.32 Å². The molecule has 3 heterocycles. The lowest BCUT2D eigenvalue weighted by atomic mass is 9.92. The highest BCUT2D eigenvalue weighted by molar-refractivity contribution is 7.13. The zero-order chi connectivity index (χ0) is 22.3. The van der Waals surface area contributed by atoms with Crippen LogP contribution in [0.2, 0.25) is 0 Å². The second-order valence-electron chi connectivity index (χ2n) is 8.90. The van der Waals surface area contributed by atoms with Gasteiger partial charge in [0.2, 0.25) is 5.91 Å². The van der Waals surface area contributed by atoms with Crippen LogP contribution in [0.25, 0.3) is 10.6 Å². The van der Waals surface area contributed by atoms with E-state index in [2.05, 4.69) is 12.2 Å². The summed E-state index contributed by atoms with van der Waals surface area (Å²) in [5.41, 5.74) is 2.07. The van der Waals surface area contributed by atoms with Gasteiger partial charge >= 0.3 is 0 Å². The van der Waals surface area contributed by atoms with Crippen LogP contribution >= 0.6 is 11.3 Å². The van der Waals surface area contributed by atoms with Crippen molar-refractivity contribution in [2.45, 2.75) is 64.1 Å². The van der Waals surface area contributed by atoms with Crippen LogP contribution in [0.3, 0.4) is 0 Å². The number of nitrogens with zero attached hydrogens (tertiary/aromatic N) is 3. The van der Waals surface area contributed by atoms with Crippen LogP contribution in [0.1, 0.15) is 55.6 Å². The van der Waals surface area contributed by atoms with E-state index < -0.39 is 5.54 Å². The Morgan fingerprint density at radius 2 is 2.00 bits per heavy atom. The lowest BCUT2D eigenvalue weighted by Gasteiger charge is -2.44. The molecule has 1 saturated carbocycles. The summed E-state index contributed by atoms with van der Waals surface area (Å²) in [6.45, 7) is 4.26. The number of amides is 2. The highest BCUT2D eigenvalue weighted by atomic mass is 32.1. The quantitative estimate of drug-likeness (QED) is 0.618. The summed E-state index contributed by atoms with van der Waals surface area (Å²) in [6.07, 6.45) is 5.04. The van der Waals surface area contributed by atoms with E-state index in [0.717, 1.165) is 53.9 Å². The number of rotatable bonds is 5. The van der Waals surface area contributed by atoms with Gasteiger partial charge in [-0.15, -0.1) is 11.3 Å². The molecule has 3 aromatic rings. The monoisotopic (exact) mass is 448 g/mol. The predicted octanol–water partition coefficient (Wildman–Crippen LogP) is 4.65. The molecular weight excluding hydrogens is 420 g/mol. The summed E-state index contributed by atoms with van der Waals surface area (Å²) in [7, 11) is 0. The summed E-state index contributed by atoms with van der Waals surface area (Å²) >= 11 is 1.59. The molecule has 166 valence electrons. The molecule has 1 N–H and O–H groups in total. The average molecular weight is 449 g/mol. The Morgan fingerprint density at radius 1 is 1.22 bits per heavy atom. The van der Waals surface area contributed by atoms with Crippen LogP contribution in [-0.2, 0) is 17.8 Å². The SMILES string of the molecule is CCc1ccccc1N1C(=O)c2cc(-c3cccs3)nn2CC1(C)C(=O)NC1CCCC1. The summed E-state index contributed by atoms with van der Waals surface area (Å²) in [6, 6.07) is 13.9. The van der Waals surface area contributed by atoms with E-state index in [1.807, 2.05) is 54.8 Å². The van der Waals surface area contributed by atoms with E-state index in [1.165, 1.54) is 0 Å². The number of carbonyl (C=O) groups is 2. The number of para-hydroxylation sites is 1. The molecule has 2 aromatic heterocycles. The Labute approximate surface area is 192 Å². The highest BCUT2D eigenvalue weighted by Crippen LogP contribution is 2.37. The van der Waals surface area contributed by atoms with Gasteiger partial charge in [0.05, 0.1) is 11.4 Å². The van der Waals surface area contributed by atoms with Gasteiger partial charge in [0.1, 0.15) is 16.9 Å². The van der Waals surface area contributed by atoms with Gasteiger partial charge in [-0.2, -0.15) is 5.10 Å². The van der Waals surface area contributed by atoms with Gasteiger partial charge in [0.15, 0.2) is 0 Å². The first-order chi connectivity index (χ1) is 15.5. The first-order valence-corrected chi connectivity index (χ1v) is 12.2. The van der Waals surface area contributed by atoms with E-state index >= 15 is 0 Å². The molecule has 1 fully saturated rings. The first kappa shape index (κ1) is 20.9. The molecule has 0 saturated heterocycles. The van der Waals surface area contributed by atoms with Crippen LogP contribution in [0.5, 0.6) is 0 Å². The number of nitrogens with one attached hydrogen (secondary N) is 1. The third-order valence-corrected chi connectivity index (χ3v) is 7.61. The molecule has 1 aliphatic carbocycles. The maximum atomic E-state index is 13.9. The molecule has 5 rings (SSSR count). The van der Waals surface area contributed by atoms with Gasteiger partial charge in [0.25, 0.3) is 5.91 Å². The van der Waals surface area contributed by atoms with Crippen molar-refractivity contribution in [2.75, 3.05) is 4.90 Å². The molecule has 1 aromatic carbocycles. The number of carbonyl (C=O) groups excluding carboxylic acids is 2. The van der Waals surface area contributed by atoms with Crippen molar-refractivity contribution in [1.82, 2.24) is 15.1 Å². The summed E-state index contributed by atoms with van der Waals surface area (Å²) < 4.78 is 1.72. The van der Waals surface area contributed by atoms with Gasteiger partial charge in [-0.25, -0.2) is 0 Å². The van der Waals surface area contributed by atoms with Gasteiger partial charge in [-0.3, -0.25) is 19.2 Å². The molecule has 2 aliphatic rings. The molecule has 1 unspecified atom stereocenters. The van der Waals surface area contributed by atoms with Gasteiger partial charge in [-0.1, -0.05) is 44.0 Å². The normalized spacial score (nSPS) is 21.1. The summed E-state index contributed by atoms with van der Waals surface area (Å²) in [5, 5.41) is 9.96. The molecule has 7 heteroatoms. The average Bonchev–Trinajstić information content (AvgIpc) is 3.55. The lowest BCUT2D eigenvalue weighted by molar-refractivity contribution is -0.127. The number of anilines is 1. The van der Waals surface area contributed by atoms with Crippen LogP contribution in [-0.4, -0.2) is 33.2 Å². The Morgan fingerprint density at radius 3 is 2.72 bits per heavy atom. The fourth-order valence-electron chi connectivity index (χ4n) is 4.94. The minimum absolute atomic E-state index is 0.109. The predicted molar refractivity (Wildman–Crippen MR) is 127 cm³/mol. The van der Waals surface area contributed by atoms with Crippen molar-refractivity contribution >= 4 is 28.8 Å². The third-order valence-electron chi connectivity index (χ3n) is 6.72. The van der Waals surface area contributed by atoms with Crippen molar-refractivity contribution < 1.29 is 9.59 Å². The maximum absolute atomic E-state index is 13.9. The van der Waals surface area contributed by atoms with Crippen molar-refractivity contribution in [3.05, 3.63) is 59.1 Å². The number of fused-ring (bicyclic) bond motifs is 1. The minimum atomic E-state index is -1.07. The summed E-state index contributed by atoms with van der Waals surface area (Å²) in [5.74, 6) is -0.293. The van der Waals surface area contributed by atoms with Gasteiger partial charge in [-0.05, 0) is 55.3 Å². The molecule has 0 bridgehead atoms. The van der Waals surface area contributed by atoms with Crippen LogP contribution < -0.4 is 10.2 Å². The second-order valence-corrected chi connectivity index (χ2v) is 9.85. The maximum Gasteiger partial charge on any atom is 0.277 e. The topological polar surface area (TPSA) is 67.2 Å². The number of thiophene rings is 1. The Balaban J connectivity index is 1.61. The van der Waals surface area contributed by atoms with Crippen molar-refractivity contribution in [3.63, 3.8) is 0 Å². The molecular formula is C25H28N4O2S. The number of aryl methyl sites for hydroxylation is 1. The van der Waals surface area contributed by atoms with Crippen LogP contribution in [0, 0.1) is 0 Å². The third kappa shape index (κ3) is 3.45. The number of aromatic nitrogens is 2. The summed E-state index contributed by atoms with van der Waals surface area (Å²) in [4.78, 5) is 30.3. The minimum Gasteiger partial charge on any atom is -0.351 e. The Hall–Kier alpha value is -2.93. The van der Waals surface area contributed by atoms with Crippen molar-refractivity contribution in [1.29, 1.82) is 0 Å². The first-order valence-electron chi connectivity index (χ1n) is 11.4. The zero-order valence-electron chi connectivity index (χ0n) is 18.5.